The van der Waals surface area contributed by atoms with Crippen molar-refractivity contribution in [3.8, 4) is 6.07 Å². The smallest absolute Gasteiger partial charge is 0.257 e. The van der Waals surface area contributed by atoms with E-state index in [4.69, 9.17) is 5.26 Å². The number of amides is 1. The Labute approximate surface area is 152 Å². The SMILES string of the molecule is CCc1ccc(Nc2cncc(C(=O)Nc3ccc(C#N)cc3)c2)cc1. The zero-order chi connectivity index (χ0) is 18.4. The van der Waals surface area contributed by atoms with Gasteiger partial charge >= 0.3 is 0 Å². The fourth-order valence-corrected chi connectivity index (χ4v) is 2.45. The summed E-state index contributed by atoms with van der Waals surface area (Å²) in [5.41, 5.74) is 4.57. The molecule has 2 aromatic carbocycles. The van der Waals surface area contributed by atoms with Crippen LogP contribution in [0, 0.1) is 11.3 Å². The fraction of sp³-hybridized carbons (Fsp3) is 0.0952. The summed E-state index contributed by atoms with van der Waals surface area (Å²) in [5.74, 6) is -0.257. The highest BCUT2D eigenvalue weighted by molar-refractivity contribution is 6.04. The van der Waals surface area contributed by atoms with E-state index in [-0.39, 0.29) is 5.91 Å². The fourth-order valence-electron chi connectivity index (χ4n) is 2.45. The van der Waals surface area contributed by atoms with Gasteiger partial charge in [-0.05, 0) is 54.4 Å². The van der Waals surface area contributed by atoms with Crippen LogP contribution in [-0.4, -0.2) is 10.9 Å². The number of nitrogens with zero attached hydrogens (tertiary/aromatic N) is 2. The standard InChI is InChI=1S/C21H18N4O/c1-2-15-3-7-18(8-4-15)24-20-11-17(13-23-14-20)21(26)25-19-9-5-16(12-22)6-10-19/h3-11,13-14,24H,2H2,1H3,(H,25,26). The number of benzene rings is 2. The topological polar surface area (TPSA) is 77.8 Å². The third-order valence-electron chi connectivity index (χ3n) is 3.92. The molecule has 26 heavy (non-hydrogen) atoms. The van der Waals surface area contributed by atoms with Crippen LogP contribution in [0.3, 0.4) is 0 Å². The van der Waals surface area contributed by atoms with Crippen LogP contribution in [0.25, 0.3) is 0 Å². The minimum absolute atomic E-state index is 0.257. The summed E-state index contributed by atoms with van der Waals surface area (Å²) in [6.45, 7) is 2.11. The second-order valence-electron chi connectivity index (χ2n) is 5.78. The van der Waals surface area contributed by atoms with Crippen LogP contribution in [-0.2, 0) is 6.42 Å². The van der Waals surface area contributed by atoms with E-state index in [2.05, 4.69) is 34.7 Å². The van der Waals surface area contributed by atoms with E-state index < -0.39 is 0 Å². The Morgan fingerprint density at radius 1 is 1.00 bits per heavy atom. The van der Waals surface area contributed by atoms with Crippen LogP contribution < -0.4 is 10.6 Å². The van der Waals surface area contributed by atoms with Gasteiger partial charge in [-0.15, -0.1) is 0 Å². The number of rotatable bonds is 5. The molecule has 0 aliphatic rings. The van der Waals surface area contributed by atoms with E-state index >= 15 is 0 Å². The van der Waals surface area contributed by atoms with E-state index in [0.29, 0.717) is 16.8 Å². The van der Waals surface area contributed by atoms with E-state index in [9.17, 15) is 4.79 Å². The Balaban J connectivity index is 1.71. The Morgan fingerprint density at radius 3 is 2.35 bits per heavy atom. The van der Waals surface area contributed by atoms with Gasteiger partial charge in [-0.2, -0.15) is 5.26 Å². The molecule has 0 bridgehead atoms. The first kappa shape index (κ1) is 17.2. The molecule has 1 heterocycles. The molecule has 0 aliphatic heterocycles. The Morgan fingerprint density at radius 2 is 1.69 bits per heavy atom. The molecular formula is C21H18N4O. The number of carbonyl (C=O) groups is 1. The maximum atomic E-state index is 12.4. The number of nitrogens with one attached hydrogen (secondary N) is 2. The van der Waals surface area contributed by atoms with Gasteiger partial charge in [0.05, 0.1) is 29.1 Å². The highest BCUT2D eigenvalue weighted by atomic mass is 16.1. The summed E-state index contributed by atoms with van der Waals surface area (Å²) in [4.78, 5) is 16.6. The molecule has 0 aliphatic carbocycles. The molecule has 0 atom stereocenters. The summed E-state index contributed by atoms with van der Waals surface area (Å²) >= 11 is 0. The van der Waals surface area contributed by atoms with Gasteiger partial charge in [0.1, 0.15) is 0 Å². The zero-order valence-corrected chi connectivity index (χ0v) is 14.4. The highest BCUT2D eigenvalue weighted by Crippen LogP contribution is 2.18. The monoisotopic (exact) mass is 342 g/mol. The molecule has 2 N–H and O–H groups in total. The third kappa shape index (κ3) is 4.25. The summed E-state index contributed by atoms with van der Waals surface area (Å²) in [7, 11) is 0. The lowest BCUT2D eigenvalue weighted by atomic mass is 10.1. The predicted molar refractivity (Wildman–Crippen MR) is 102 cm³/mol. The van der Waals surface area contributed by atoms with Crippen molar-refractivity contribution in [2.24, 2.45) is 0 Å². The number of anilines is 3. The van der Waals surface area contributed by atoms with Crippen molar-refractivity contribution in [1.29, 1.82) is 5.26 Å². The van der Waals surface area contributed by atoms with Crippen LogP contribution in [0.2, 0.25) is 0 Å². The van der Waals surface area contributed by atoms with Crippen LogP contribution in [0.1, 0.15) is 28.4 Å². The number of nitriles is 1. The van der Waals surface area contributed by atoms with Crippen LogP contribution in [0.4, 0.5) is 17.1 Å². The minimum atomic E-state index is -0.257. The van der Waals surface area contributed by atoms with Crippen molar-refractivity contribution in [3.63, 3.8) is 0 Å². The first-order valence-corrected chi connectivity index (χ1v) is 8.30. The summed E-state index contributed by atoms with van der Waals surface area (Å²) in [6.07, 6.45) is 4.18. The van der Waals surface area contributed by atoms with Crippen LogP contribution >= 0.6 is 0 Å². The van der Waals surface area contributed by atoms with Gasteiger partial charge in [0.25, 0.3) is 5.91 Å². The molecular weight excluding hydrogens is 324 g/mol. The molecule has 5 heteroatoms. The van der Waals surface area contributed by atoms with Gasteiger partial charge in [0.15, 0.2) is 0 Å². The normalized spacial score (nSPS) is 10.0. The van der Waals surface area contributed by atoms with Crippen molar-refractivity contribution >= 4 is 23.0 Å². The Bertz CT molecular complexity index is 941. The minimum Gasteiger partial charge on any atom is -0.354 e. The van der Waals surface area contributed by atoms with Gasteiger partial charge in [-0.25, -0.2) is 0 Å². The molecule has 0 spiro atoms. The van der Waals surface area contributed by atoms with E-state index in [1.165, 1.54) is 11.8 Å². The average molecular weight is 342 g/mol. The maximum Gasteiger partial charge on any atom is 0.257 e. The second-order valence-corrected chi connectivity index (χ2v) is 5.78. The molecule has 3 rings (SSSR count). The molecule has 128 valence electrons. The quantitative estimate of drug-likeness (QED) is 0.715. The number of aromatic nitrogens is 1. The van der Waals surface area contributed by atoms with Crippen molar-refractivity contribution in [2.75, 3.05) is 10.6 Å². The molecule has 0 saturated carbocycles. The van der Waals surface area contributed by atoms with Gasteiger partial charge in [-0.3, -0.25) is 9.78 Å². The number of hydrogen-bond acceptors (Lipinski definition) is 4. The molecule has 0 saturated heterocycles. The molecule has 1 aromatic heterocycles. The highest BCUT2D eigenvalue weighted by Gasteiger charge is 2.08. The largest absolute Gasteiger partial charge is 0.354 e. The van der Waals surface area contributed by atoms with Gasteiger partial charge in [-0.1, -0.05) is 19.1 Å². The first-order chi connectivity index (χ1) is 12.7. The van der Waals surface area contributed by atoms with Crippen LogP contribution in [0.15, 0.2) is 67.0 Å². The zero-order valence-electron chi connectivity index (χ0n) is 14.4. The summed E-state index contributed by atoms with van der Waals surface area (Å²) < 4.78 is 0. The Hall–Kier alpha value is -3.65. The first-order valence-electron chi connectivity index (χ1n) is 8.30. The van der Waals surface area contributed by atoms with Gasteiger partial charge in [0, 0.05) is 17.6 Å². The molecule has 3 aromatic rings. The van der Waals surface area contributed by atoms with Crippen molar-refractivity contribution in [3.05, 3.63) is 83.7 Å². The van der Waals surface area contributed by atoms with E-state index in [1.807, 2.05) is 18.2 Å². The Kier molecular flexibility index (Phi) is 5.25. The van der Waals surface area contributed by atoms with E-state index in [0.717, 1.165) is 17.8 Å². The van der Waals surface area contributed by atoms with Crippen molar-refractivity contribution in [2.45, 2.75) is 13.3 Å². The lowest BCUT2D eigenvalue weighted by molar-refractivity contribution is 0.102. The van der Waals surface area contributed by atoms with Gasteiger partial charge in [0.2, 0.25) is 0 Å². The van der Waals surface area contributed by atoms with Crippen LogP contribution in [0.5, 0.6) is 0 Å². The molecule has 0 radical (unpaired) electrons. The molecule has 1 amide bonds. The molecule has 0 fully saturated rings. The van der Waals surface area contributed by atoms with Gasteiger partial charge < -0.3 is 10.6 Å². The van der Waals surface area contributed by atoms with Crippen molar-refractivity contribution in [1.82, 2.24) is 4.98 Å². The van der Waals surface area contributed by atoms with E-state index in [1.54, 1.807) is 36.5 Å². The molecule has 5 nitrogen and oxygen atoms in total. The number of pyridine rings is 1. The lowest BCUT2D eigenvalue weighted by Crippen LogP contribution is -2.12. The number of carbonyl (C=O) groups excluding carboxylic acids is 1. The molecule has 0 unspecified atom stereocenters. The number of aryl methyl sites for hydroxylation is 1. The summed E-state index contributed by atoms with van der Waals surface area (Å²) in [5, 5.41) is 14.9. The van der Waals surface area contributed by atoms with Crippen molar-refractivity contribution < 1.29 is 4.79 Å². The summed E-state index contributed by atoms with van der Waals surface area (Å²) in [6, 6.07) is 18.6. The third-order valence-corrected chi connectivity index (χ3v) is 3.92. The number of hydrogen-bond donors (Lipinski definition) is 2. The maximum absolute atomic E-state index is 12.4. The lowest BCUT2D eigenvalue weighted by Gasteiger charge is -2.09. The average Bonchev–Trinajstić information content (AvgIpc) is 2.69. The predicted octanol–water partition coefficient (Wildman–Crippen LogP) is 4.51. The second kappa shape index (κ2) is 7.95.